The van der Waals surface area contributed by atoms with Crippen LogP contribution in [0.2, 0.25) is 0 Å². The van der Waals surface area contributed by atoms with E-state index in [2.05, 4.69) is 46.3 Å². The average molecular weight is 261 g/mol. The number of benzene rings is 1. The molecule has 0 aromatic heterocycles. The normalized spacial score (nSPS) is 17.8. The van der Waals surface area contributed by atoms with E-state index >= 15 is 0 Å². The minimum absolute atomic E-state index is 0.954. The predicted octanol–water partition coefficient (Wildman–Crippen LogP) is 1.93. The highest BCUT2D eigenvalue weighted by Crippen LogP contribution is 2.10. The van der Waals surface area contributed by atoms with Crippen LogP contribution in [0.5, 0.6) is 0 Å². The Morgan fingerprint density at radius 3 is 2.11 bits per heavy atom. The number of hydrogen-bond acceptors (Lipinski definition) is 3. The van der Waals surface area contributed by atoms with Gasteiger partial charge < -0.3 is 10.2 Å². The molecule has 106 valence electrons. The molecular formula is C16H27N3. The number of hydrogen-bond donors (Lipinski definition) is 1. The van der Waals surface area contributed by atoms with Crippen LogP contribution in [0.1, 0.15) is 24.5 Å². The maximum atomic E-state index is 3.19. The quantitative estimate of drug-likeness (QED) is 0.844. The van der Waals surface area contributed by atoms with Gasteiger partial charge in [0, 0.05) is 39.3 Å². The van der Waals surface area contributed by atoms with Crippen molar-refractivity contribution in [2.75, 3.05) is 39.8 Å². The molecule has 0 aliphatic carbocycles. The van der Waals surface area contributed by atoms with Crippen LogP contribution in [0.3, 0.4) is 0 Å². The summed E-state index contributed by atoms with van der Waals surface area (Å²) in [4.78, 5) is 5.14. The highest BCUT2D eigenvalue weighted by atomic mass is 15.3. The molecular weight excluding hydrogens is 234 g/mol. The van der Waals surface area contributed by atoms with Crippen molar-refractivity contribution in [2.24, 2.45) is 0 Å². The van der Waals surface area contributed by atoms with E-state index < -0.39 is 0 Å². The molecule has 1 aromatic carbocycles. The van der Waals surface area contributed by atoms with E-state index in [0.717, 1.165) is 13.1 Å². The minimum atomic E-state index is 0.954. The second-order valence-corrected chi connectivity index (χ2v) is 5.46. The number of nitrogens with one attached hydrogen (secondary N) is 1. The molecule has 1 N–H and O–H groups in total. The van der Waals surface area contributed by atoms with Gasteiger partial charge in [-0.3, -0.25) is 4.90 Å². The summed E-state index contributed by atoms with van der Waals surface area (Å²) >= 11 is 0. The fourth-order valence-corrected chi connectivity index (χ4v) is 2.71. The Bertz CT molecular complexity index is 353. The summed E-state index contributed by atoms with van der Waals surface area (Å²) in [5.74, 6) is 0. The van der Waals surface area contributed by atoms with Gasteiger partial charge in [-0.1, -0.05) is 31.2 Å². The van der Waals surface area contributed by atoms with Gasteiger partial charge in [-0.05, 0) is 31.1 Å². The summed E-state index contributed by atoms with van der Waals surface area (Å²) in [6, 6.07) is 9.01. The summed E-state index contributed by atoms with van der Waals surface area (Å²) in [5.41, 5.74) is 2.79. The third-order valence-corrected chi connectivity index (χ3v) is 3.81. The van der Waals surface area contributed by atoms with Crippen LogP contribution >= 0.6 is 0 Å². The average Bonchev–Trinajstić information content (AvgIpc) is 2.44. The third-order valence-electron chi connectivity index (χ3n) is 3.81. The first-order valence-electron chi connectivity index (χ1n) is 7.49. The molecule has 19 heavy (non-hydrogen) atoms. The lowest BCUT2D eigenvalue weighted by molar-refractivity contribution is 0.127. The molecule has 1 saturated heterocycles. The molecule has 3 nitrogen and oxygen atoms in total. The minimum Gasteiger partial charge on any atom is -0.316 e. The molecule has 1 aliphatic heterocycles. The van der Waals surface area contributed by atoms with Crippen molar-refractivity contribution in [3.8, 4) is 0 Å². The molecule has 0 spiro atoms. The first-order valence-corrected chi connectivity index (χ1v) is 7.49. The standard InChI is InChI=1S/C16H27N3/c1-3-8-18-9-11-19(12-10-18)14-16-6-4-15(5-7-16)13-17-2/h4-7,17H,3,8-14H2,1-2H3. The molecule has 3 heteroatoms. The van der Waals surface area contributed by atoms with Gasteiger partial charge in [0.05, 0.1) is 0 Å². The van der Waals surface area contributed by atoms with Crippen molar-refractivity contribution in [2.45, 2.75) is 26.4 Å². The van der Waals surface area contributed by atoms with E-state index in [4.69, 9.17) is 0 Å². The molecule has 1 aliphatic rings. The van der Waals surface area contributed by atoms with Gasteiger partial charge >= 0.3 is 0 Å². The summed E-state index contributed by atoms with van der Waals surface area (Å²) in [5, 5.41) is 3.19. The molecule has 0 saturated carbocycles. The first kappa shape index (κ1) is 14.5. The second kappa shape index (κ2) is 7.63. The van der Waals surface area contributed by atoms with Gasteiger partial charge in [-0.2, -0.15) is 0 Å². The Balaban J connectivity index is 1.78. The largest absolute Gasteiger partial charge is 0.316 e. The van der Waals surface area contributed by atoms with Gasteiger partial charge in [0.2, 0.25) is 0 Å². The Kier molecular flexibility index (Phi) is 5.83. The fraction of sp³-hybridized carbons (Fsp3) is 0.625. The molecule has 1 heterocycles. The summed E-state index contributed by atoms with van der Waals surface area (Å²) in [6.07, 6.45) is 1.27. The van der Waals surface area contributed by atoms with Crippen LogP contribution in [0.25, 0.3) is 0 Å². The summed E-state index contributed by atoms with van der Waals surface area (Å²) < 4.78 is 0. The van der Waals surface area contributed by atoms with Crippen molar-refractivity contribution in [1.82, 2.24) is 15.1 Å². The van der Waals surface area contributed by atoms with E-state index in [1.165, 1.54) is 50.3 Å². The van der Waals surface area contributed by atoms with E-state index in [1.54, 1.807) is 0 Å². The van der Waals surface area contributed by atoms with Gasteiger partial charge in [-0.15, -0.1) is 0 Å². The monoisotopic (exact) mass is 261 g/mol. The SMILES string of the molecule is CCCN1CCN(Cc2ccc(CNC)cc2)CC1. The van der Waals surface area contributed by atoms with Crippen molar-refractivity contribution >= 4 is 0 Å². The van der Waals surface area contributed by atoms with Crippen LogP contribution in [-0.4, -0.2) is 49.6 Å². The molecule has 0 amide bonds. The second-order valence-electron chi connectivity index (χ2n) is 5.46. The smallest absolute Gasteiger partial charge is 0.0234 e. The number of nitrogens with zero attached hydrogens (tertiary/aromatic N) is 2. The Morgan fingerprint density at radius 1 is 0.947 bits per heavy atom. The number of piperazine rings is 1. The van der Waals surface area contributed by atoms with Crippen molar-refractivity contribution < 1.29 is 0 Å². The van der Waals surface area contributed by atoms with Crippen LogP contribution in [0.4, 0.5) is 0 Å². The maximum absolute atomic E-state index is 3.19. The van der Waals surface area contributed by atoms with E-state index in [1.807, 2.05) is 7.05 Å². The van der Waals surface area contributed by atoms with Gasteiger partial charge in [-0.25, -0.2) is 0 Å². The molecule has 1 fully saturated rings. The van der Waals surface area contributed by atoms with Crippen molar-refractivity contribution in [3.63, 3.8) is 0 Å². The summed E-state index contributed by atoms with van der Waals surface area (Å²) in [7, 11) is 1.99. The van der Waals surface area contributed by atoms with Crippen molar-refractivity contribution in [3.05, 3.63) is 35.4 Å². The van der Waals surface area contributed by atoms with Gasteiger partial charge in [0.25, 0.3) is 0 Å². The Morgan fingerprint density at radius 2 is 1.53 bits per heavy atom. The van der Waals surface area contributed by atoms with E-state index in [0.29, 0.717) is 0 Å². The molecule has 1 aromatic rings. The van der Waals surface area contributed by atoms with Crippen molar-refractivity contribution in [1.29, 1.82) is 0 Å². The van der Waals surface area contributed by atoms with Crippen LogP contribution < -0.4 is 5.32 Å². The highest BCUT2D eigenvalue weighted by molar-refractivity contribution is 5.22. The maximum Gasteiger partial charge on any atom is 0.0234 e. The van der Waals surface area contributed by atoms with Gasteiger partial charge in [0.1, 0.15) is 0 Å². The van der Waals surface area contributed by atoms with Crippen LogP contribution in [0, 0.1) is 0 Å². The zero-order chi connectivity index (χ0) is 13.5. The Hall–Kier alpha value is -0.900. The Labute approximate surface area is 117 Å². The zero-order valence-corrected chi connectivity index (χ0v) is 12.4. The molecule has 0 atom stereocenters. The molecule has 2 rings (SSSR count). The topological polar surface area (TPSA) is 18.5 Å². The van der Waals surface area contributed by atoms with Crippen LogP contribution in [-0.2, 0) is 13.1 Å². The first-order chi connectivity index (χ1) is 9.31. The lowest BCUT2D eigenvalue weighted by Crippen LogP contribution is -2.45. The molecule has 0 bridgehead atoms. The lowest BCUT2D eigenvalue weighted by atomic mass is 10.1. The summed E-state index contributed by atoms with van der Waals surface area (Å²) in [6.45, 7) is 10.4. The van der Waals surface area contributed by atoms with Crippen LogP contribution in [0.15, 0.2) is 24.3 Å². The van der Waals surface area contributed by atoms with E-state index in [-0.39, 0.29) is 0 Å². The number of rotatable bonds is 6. The van der Waals surface area contributed by atoms with E-state index in [9.17, 15) is 0 Å². The fourth-order valence-electron chi connectivity index (χ4n) is 2.71. The molecule has 0 radical (unpaired) electrons. The molecule has 0 unspecified atom stereocenters. The van der Waals surface area contributed by atoms with Gasteiger partial charge in [0.15, 0.2) is 0 Å². The highest BCUT2D eigenvalue weighted by Gasteiger charge is 2.15. The predicted molar refractivity (Wildman–Crippen MR) is 81.2 cm³/mol. The zero-order valence-electron chi connectivity index (χ0n) is 12.4. The third kappa shape index (κ3) is 4.60. The lowest BCUT2D eigenvalue weighted by Gasteiger charge is -2.34.